The van der Waals surface area contributed by atoms with Crippen molar-refractivity contribution in [2.75, 3.05) is 11.4 Å². The molecule has 0 heterocycles. The van der Waals surface area contributed by atoms with Crippen LogP contribution in [0.2, 0.25) is 0 Å². The first-order chi connectivity index (χ1) is 17.2. The first kappa shape index (κ1) is 28.3. The Morgan fingerprint density at radius 2 is 1.49 bits per heavy atom. The van der Waals surface area contributed by atoms with E-state index in [1.165, 1.54) is 12.1 Å². The van der Waals surface area contributed by atoms with Crippen molar-refractivity contribution in [2.45, 2.75) is 45.5 Å². The topological polar surface area (TPSA) is 32.7 Å². The Morgan fingerprint density at radius 1 is 0.838 bits per heavy atom. The molecule has 200 valence electrons. The van der Waals surface area contributed by atoms with E-state index in [1.54, 1.807) is 43.0 Å². The third kappa shape index (κ3) is 7.85. The molecule has 0 bridgehead atoms. The highest BCUT2D eigenvalue weighted by molar-refractivity contribution is 5.51. The Morgan fingerprint density at radius 3 is 2.11 bits per heavy atom. The molecule has 0 fully saturated rings. The van der Waals surface area contributed by atoms with E-state index >= 15 is 0 Å². The van der Waals surface area contributed by atoms with Crippen LogP contribution in [-0.4, -0.2) is 17.8 Å². The van der Waals surface area contributed by atoms with E-state index in [4.69, 9.17) is 4.74 Å². The lowest BCUT2D eigenvalue weighted by Crippen LogP contribution is -2.35. The highest BCUT2D eigenvalue weighted by Gasteiger charge is 2.32. The number of anilines is 1. The van der Waals surface area contributed by atoms with Gasteiger partial charge in [0.15, 0.2) is 0 Å². The van der Waals surface area contributed by atoms with Crippen molar-refractivity contribution in [3.63, 3.8) is 0 Å². The van der Waals surface area contributed by atoms with E-state index in [2.05, 4.69) is 0 Å². The molecular weight excluding hydrogens is 503 g/mol. The average molecular weight is 529 g/mol. The predicted octanol–water partition coefficient (Wildman–Crippen LogP) is 7.47. The zero-order valence-corrected chi connectivity index (χ0v) is 20.1. The molecule has 0 saturated carbocycles. The van der Waals surface area contributed by atoms with E-state index in [9.17, 15) is 35.8 Å². The summed E-state index contributed by atoms with van der Waals surface area (Å²) in [6.45, 7) is 3.35. The molecule has 0 amide bonds. The SMILES string of the molecule is CC(C)C(O)CN(Cc1ccc(C(F)(F)F)cc1F)c1cccc(OCc2cccc(C(F)(F)F)c2)c1. The van der Waals surface area contributed by atoms with Crippen molar-refractivity contribution in [3.8, 4) is 5.75 Å². The number of hydrogen-bond acceptors (Lipinski definition) is 3. The third-order valence-corrected chi connectivity index (χ3v) is 5.76. The fraction of sp³-hybridized carbons (Fsp3) is 0.333. The molecule has 1 atom stereocenters. The second-order valence-electron chi connectivity index (χ2n) is 8.98. The Bertz CT molecular complexity index is 1190. The Hall–Kier alpha value is -3.27. The molecule has 10 heteroatoms. The first-order valence-electron chi connectivity index (χ1n) is 11.4. The van der Waals surface area contributed by atoms with Crippen LogP contribution in [0.1, 0.15) is 36.1 Å². The van der Waals surface area contributed by atoms with Crippen LogP contribution in [0.3, 0.4) is 0 Å². The lowest BCUT2D eigenvalue weighted by molar-refractivity contribution is -0.138. The summed E-state index contributed by atoms with van der Waals surface area (Å²) in [5.74, 6) is -0.872. The maximum atomic E-state index is 14.6. The van der Waals surface area contributed by atoms with Crippen LogP contribution in [0.4, 0.5) is 36.4 Å². The summed E-state index contributed by atoms with van der Waals surface area (Å²) in [7, 11) is 0. The van der Waals surface area contributed by atoms with Crippen LogP contribution in [0.25, 0.3) is 0 Å². The van der Waals surface area contributed by atoms with Crippen LogP contribution in [0.15, 0.2) is 66.7 Å². The molecule has 3 nitrogen and oxygen atoms in total. The Labute approximate surface area is 210 Å². The van der Waals surface area contributed by atoms with Crippen LogP contribution in [0, 0.1) is 11.7 Å². The highest BCUT2D eigenvalue weighted by atomic mass is 19.4. The number of hydrogen-bond donors (Lipinski definition) is 1. The summed E-state index contributed by atoms with van der Waals surface area (Å²) in [6, 6.07) is 13.5. The van der Waals surface area contributed by atoms with Crippen molar-refractivity contribution < 1.29 is 40.6 Å². The lowest BCUT2D eigenvalue weighted by atomic mass is 10.1. The maximum Gasteiger partial charge on any atom is 0.416 e. The molecule has 0 saturated heterocycles. The Balaban J connectivity index is 1.83. The molecule has 0 aliphatic heterocycles. The van der Waals surface area contributed by atoms with E-state index < -0.39 is 35.4 Å². The molecular formula is C27H26F7NO2. The molecule has 3 aromatic carbocycles. The molecule has 3 rings (SSSR count). The van der Waals surface area contributed by atoms with E-state index in [0.29, 0.717) is 23.1 Å². The van der Waals surface area contributed by atoms with Gasteiger partial charge in [-0.1, -0.05) is 38.1 Å². The monoisotopic (exact) mass is 529 g/mol. The summed E-state index contributed by atoms with van der Waals surface area (Å²) in [4.78, 5) is 1.60. The molecule has 0 aliphatic carbocycles. The van der Waals surface area contributed by atoms with Crippen LogP contribution < -0.4 is 9.64 Å². The number of ether oxygens (including phenoxy) is 1. The van der Waals surface area contributed by atoms with Crippen molar-refractivity contribution in [1.29, 1.82) is 0 Å². The molecule has 1 N–H and O–H groups in total. The number of halogens is 7. The standard InChI is InChI=1S/C27H26F7NO2/c1-17(2)25(36)15-35(14-19-9-10-21(12-24(19)28)27(32,33)34)22-7-4-8-23(13-22)37-16-18-5-3-6-20(11-18)26(29,30)31/h3-13,17,25,36H,14-16H2,1-2H3. The Kier molecular flexibility index (Phi) is 8.73. The van der Waals surface area contributed by atoms with Gasteiger partial charge in [-0.05, 0) is 47.9 Å². The summed E-state index contributed by atoms with van der Waals surface area (Å²) in [6.07, 6.45) is -9.99. The number of nitrogens with zero attached hydrogens (tertiary/aromatic N) is 1. The zero-order valence-electron chi connectivity index (χ0n) is 20.1. The van der Waals surface area contributed by atoms with Gasteiger partial charge in [-0.25, -0.2) is 4.39 Å². The third-order valence-electron chi connectivity index (χ3n) is 5.76. The van der Waals surface area contributed by atoms with Gasteiger partial charge in [-0.2, -0.15) is 26.3 Å². The molecule has 37 heavy (non-hydrogen) atoms. The summed E-state index contributed by atoms with van der Waals surface area (Å²) in [5.41, 5.74) is -1.11. The fourth-order valence-electron chi connectivity index (χ4n) is 3.53. The molecule has 3 aromatic rings. The van der Waals surface area contributed by atoms with E-state index in [1.807, 2.05) is 0 Å². The molecule has 0 aliphatic rings. The number of alkyl halides is 6. The van der Waals surface area contributed by atoms with Gasteiger partial charge in [0.05, 0.1) is 17.2 Å². The number of aliphatic hydroxyl groups excluding tert-OH is 1. The maximum absolute atomic E-state index is 14.6. The fourth-order valence-corrected chi connectivity index (χ4v) is 3.53. The summed E-state index contributed by atoms with van der Waals surface area (Å²) in [5, 5.41) is 10.5. The van der Waals surface area contributed by atoms with Gasteiger partial charge in [0.2, 0.25) is 0 Å². The van der Waals surface area contributed by atoms with Gasteiger partial charge >= 0.3 is 12.4 Å². The second kappa shape index (κ2) is 11.4. The minimum absolute atomic E-state index is 0.000701. The highest BCUT2D eigenvalue weighted by Crippen LogP contribution is 2.32. The largest absolute Gasteiger partial charge is 0.489 e. The normalized spacial score (nSPS) is 13.1. The van der Waals surface area contributed by atoms with Crippen LogP contribution >= 0.6 is 0 Å². The minimum Gasteiger partial charge on any atom is -0.489 e. The number of rotatable bonds is 9. The van der Waals surface area contributed by atoms with Crippen molar-refractivity contribution in [1.82, 2.24) is 0 Å². The first-order valence-corrected chi connectivity index (χ1v) is 11.4. The van der Waals surface area contributed by atoms with Gasteiger partial charge in [-0.3, -0.25) is 0 Å². The second-order valence-corrected chi connectivity index (χ2v) is 8.98. The smallest absolute Gasteiger partial charge is 0.416 e. The van der Waals surface area contributed by atoms with Crippen LogP contribution in [0.5, 0.6) is 5.75 Å². The molecule has 0 radical (unpaired) electrons. The summed E-state index contributed by atoms with van der Waals surface area (Å²) < 4.78 is 97.9. The quantitative estimate of drug-likeness (QED) is 0.292. The van der Waals surface area contributed by atoms with Gasteiger partial charge in [0, 0.05) is 30.4 Å². The van der Waals surface area contributed by atoms with Gasteiger partial charge in [0.1, 0.15) is 18.2 Å². The van der Waals surface area contributed by atoms with Crippen LogP contribution in [-0.2, 0) is 25.5 Å². The molecule has 0 aromatic heterocycles. The molecule has 0 spiro atoms. The predicted molar refractivity (Wildman–Crippen MR) is 126 cm³/mol. The number of benzene rings is 3. The van der Waals surface area contributed by atoms with Crippen molar-refractivity contribution in [2.24, 2.45) is 5.92 Å². The van der Waals surface area contributed by atoms with Crippen molar-refractivity contribution >= 4 is 5.69 Å². The zero-order chi connectivity index (χ0) is 27.4. The molecule has 1 unspecified atom stereocenters. The van der Waals surface area contributed by atoms with Gasteiger partial charge in [-0.15, -0.1) is 0 Å². The average Bonchev–Trinajstić information content (AvgIpc) is 2.82. The lowest BCUT2D eigenvalue weighted by Gasteiger charge is -2.29. The van der Waals surface area contributed by atoms with Gasteiger partial charge in [0.25, 0.3) is 0 Å². The van der Waals surface area contributed by atoms with Crippen molar-refractivity contribution in [3.05, 3.63) is 94.8 Å². The number of aliphatic hydroxyl groups is 1. The van der Waals surface area contributed by atoms with E-state index in [-0.39, 0.29) is 31.2 Å². The minimum atomic E-state index is -4.68. The van der Waals surface area contributed by atoms with E-state index in [0.717, 1.165) is 24.3 Å². The summed E-state index contributed by atoms with van der Waals surface area (Å²) >= 11 is 0. The van der Waals surface area contributed by atoms with Gasteiger partial charge < -0.3 is 14.7 Å².